The summed E-state index contributed by atoms with van der Waals surface area (Å²) in [5.41, 5.74) is 2.22. The normalized spacial score (nSPS) is 26.9. The third kappa shape index (κ3) is 8.09. The molecule has 0 N–H and O–H groups in total. The van der Waals surface area contributed by atoms with Crippen molar-refractivity contribution in [3.63, 3.8) is 0 Å². The van der Waals surface area contributed by atoms with Gasteiger partial charge in [0.2, 0.25) is 0 Å². The van der Waals surface area contributed by atoms with Gasteiger partial charge in [0.15, 0.2) is 12.1 Å². The van der Waals surface area contributed by atoms with Gasteiger partial charge in [-0.2, -0.15) is 0 Å². The number of rotatable bonds is 14. The maximum absolute atomic E-state index is 6.56. The van der Waals surface area contributed by atoms with Crippen molar-refractivity contribution in [1.29, 1.82) is 0 Å². The molecule has 6 heteroatoms. The lowest BCUT2D eigenvalue weighted by Gasteiger charge is -2.42. The first kappa shape index (κ1) is 28.2. The Labute approximate surface area is 222 Å². The van der Waals surface area contributed by atoms with E-state index in [0.717, 1.165) is 36.8 Å². The second-order valence-corrected chi connectivity index (χ2v) is 10.6. The second-order valence-electron chi connectivity index (χ2n) is 10.6. The van der Waals surface area contributed by atoms with Crippen molar-refractivity contribution in [2.24, 2.45) is 5.92 Å². The van der Waals surface area contributed by atoms with E-state index in [9.17, 15) is 0 Å². The number of hydrogen-bond acceptors (Lipinski definition) is 6. The highest BCUT2D eigenvalue weighted by Gasteiger charge is 2.56. The van der Waals surface area contributed by atoms with E-state index < -0.39 is 18.2 Å². The molecule has 2 fully saturated rings. The Kier molecular flexibility index (Phi) is 10.5. The summed E-state index contributed by atoms with van der Waals surface area (Å²) in [7, 11) is 0. The molecule has 0 spiro atoms. The topological polar surface area (TPSA) is 55.4 Å². The SMILES string of the molecule is CCCC(CCC)CO[C@@H]1O[C@H](COCc2ccccc2)[C@@H]2OC(C)(C)O[C@@H]2[C@H]1OCc1ccccc1. The minimum Gasteiger partial charge on any atom is -0.374 e. The van der Waals surface area contributed by atoms with E-state index >= 15 is 0 Å². The average molecular weight is 513 g/mol. The van der Waals surface area contributed by atoms with Crippen LogP contribution in [0.1, 0.15) is 64.5 Å². The van der Waals surface area contributed by atoms with E-state index in [2.05, 4.69) is 38.1 Å². The zero-order chi connectivity index (χ0) is 26.1. The Bertz CT molecular complexity index is 898. The molecule has 0 radical (unpaired) electrons. The zero-order valence-electron chi connectivity index (χ0n) is 22.8. The molecule has 0 saturated carbocycles. The molecule has 2 saturated heterocycles. The third-order valence-corrected chi connectivity index (χ3v) is 7.00. The Morgan fingerprint density at radius 1 is 0.784 bits per heavy atom. The summed E-state index contributed by atoms with van der Waals surface area (Å²) in [5.74, 6) is -0.247. The van der Waals surface area contributed by atoms with Gasteiger partial charge >= 0.3 is 0 Å². The molecule has 6 nitrogen and oxygen atoms in total. The monoisotopic (exact) mass is 512 g/mol. The molecule has 2 aliphatic rings. The highest BCUT2D eigenvalue weighted by molar-refractivity contribution is 5.14. The lowest BCUT2D eigenvalue weighted by atomic mass is 9.98. The van der Waals surface area contributed by atoms with Crippen molar-refractivity contribution in [2.75, 3.05) is 13.2 Å². The lowest BCUT2D eigenvalue weighted by molar-refractivity contribution is -0.298. The van der Waals surface area contributed by atoms with Gasteiger partial charge < -0.3 is 28.4 Å². The van der Waals surface area contributed by atoms with E-state index in [-0.39, 0.29) is 18.3 Å². The molecule has 2 aliphatic heterocycles. The summed E-state index contributed by atoms with van der Waals surface area (Å²) < 4.78 is 38.4. The van der Waals surface area contributed by atoms with E-state index in [0.29, 0.717) is 32.3 Å². The molecule has 0 aromatic heterocycles. The van der Waals surface area contributed by atoms with Gasteiger partial charge in [-0.05, 0) is 43.7 Å². The van der Waals surface area contributed by atoms with Gasteiger partial charge in [-0.1, -0.05) is 87.4 Å². The minimum atomic E-state index is -0.743. The van der Waals surface area contributed by atoms with Crippen molar-refractivity contribution in [3.05, 3.63) is 71.8 Å². The maximum atomic E-state index is 6.56. The molecule has 0 unspecified atom stereocenters. The molecule has 4 rings (SSSR count). The zero-order valence-corrected chi connectivity index (χ0v) is 22.8. The van der Waals surface area contributed by atoms with Crippen LogP contribution in [0.4, 0.5) is 0 Å². The molecule has 2 heterocycles. The van der Waals surface area contributed by atoms with Crippen LogP contribution >= 0.6 is 0 Å². The van der Waals surface area contributed by atoms with Gasteiger partial charge in [0.1, 0.15) is 24.4 Å². The molecule has 5 atom stereocenters. The summed E-state index contributed by atoms with van der Waals surface area (Å²) >= 11 is 0. The molecular formula is C31H44O6. The van der Waals surface area contributed by atoms with Gasteiger partial charge in [-0.3, -0.25) is 0 Å². The van der Waals surface area contributed by atoms with E-state index in [1.54, 1.807) is 0 Å². The third-order valence-electron chi connectivity index (χ3n) is 7.00. The van der Waals surface area contributed by atoms with Crippen LogP contribution < -0.4 is 0 Å². The van der Waals surface area contributed by atoms with Crippen LogP contribution in [0, 0.1) is 5.92 Å². The number of hydrogen-bond donors (Lipinski definition) is 0. The van der Waals surface area contributed by atoms with Crippen LogP contribution in [0.5, 0.6) is 0 Å². The van der Waals surface area contributed by atoms with Crippen molar-refractivity contribution in [2.45, 2.75) is 103 Å². The predicted molar refractivity (Wildman–Crippen MR) is 143 cm³/mol. The highest BCUT2D eigenvalue weighted by Crippen LogP contribution is 2.39. The Hall–Kier alpha value is -1.80. The Morgan fingerprint density at radius 3 is 2.00 bits per heavy atom. The highest BCUT2D eigenvalue weighted by atomic mass is 16.8. The van der Waals surface area contributed by atoms with Crippen molar-refractivity contribution in [3.8, 4) is 0 Å². The molecule has 2 aromatic rings. The minimum absolute atomic E-state index is 0.312. The van der Waals surface area contributed by atoms with Gasteiger partial charge in [0, 0.05) is 0 Å². The van der Waals surface area contributed by atoms with E-state index in [4.69, 9.17) is 28.4 Å². The average Bonchev–Trinajstić information content (AvgIpc) is 3.23. The number of benzene rings is 2. The largest absolute Gasteiger partial charge is 0.374 e. The Morgan fingerprint density at radius 2 is 1.38 bits per heavy atom. The molecular weight excluding hydrogens is 468 g/mol. The summed E-state index contributed by atoms with van der Waals surface area (Å²) in [6, 6.07) is 20.3. The fraction of sp³-hybridized carbons (Fsp3) is 0.613. The van der Waals surface area contributed by atoms with E-state index in [1.807, 2.05) is 50.2 Å². The predicted octanol–water partition coefficient (Wildman–Crippen LogP) is 6.27. The molecule has 37 heavy (non-hydrogen) atoms. The second kappa shape index (κ2) is 13.8. The smallest absolute Gasteiger partial charge is 0.186 e. The standard InChI is InChI=1S/C31H44O6/c1-5-13-23(14-6-2)21-34-30-29(33-20-25-17-11-8-12-18-25)28-27(36-31(3,4)37-28)26(35-30)22-32-19-24-15-9-7-10-16-24/h7-12,15-18,23,26-30H,5-6,13-14,19-22H2,1-4H3/t26-,27+,28+,29-,30-/m1/s1. The number of fused-ring (bicyclic) bond motifs is 1. The first-order valence-electron chi connectivity index (χ1n) is 13.9. The van der Waals surface area contributed by atoms with Gasteiger partial charge in [-0.15, -0.1) is 0 Å². The Balaban J connectivity index is 1.48. The van der Waals surface area contributed by atoms with Gasteiger partial charge in [0.25, 0.3) is 0 Å². The van der Waals surface area contributed by atoms with Crippen LogP contribution in [0.2, 0.25) is 0 Å². The lowest BCUT2D eigenvalue weighted by Crippen LogP contribution is -2.59. The first-order valence-corrected chi connectivity index (χ1v) is 13.9. The van der Waals surface area contributed by atoms with Crippen LogP contribution in [0.25, 0.3) is 0 Å². The summed E-state index contributed by atoms with van der Waals surface area (Å²) in [4.78, 5) is 0. The fourth-order valence-electron chi connectivity index (χ4n) is 5.27. The summed E-state index contributed by atoms with van der Waals surface area (Å²) in [6.45, 7) is 10.3. The van der Waals surface area contributed by atoms with Crippen molar-refractivity contribution in [1.82, 2.24) is 0 Å². The number of ether oxygens (including phenoxy) is 6. The van der Waals surface area contributed by atoms with Crippen molar-refractivity contribution < 1.29 is 28.4 Å². The first-order chi connectivity index (χ1) is 18.0. The van der Waals surface area contributed by atoms with Crippen molar-refractivity contribution >= 4 is 0 Å². The van der Waals surface area contributed by atoms with Gasteiger partial charge in [0.05, 0.1) is 26.4 Å². The summed E-state index contributed by atoms with van der Waals surface area (Å²) in [5, 5.41) is 0. The molecule has 2 aromatic carbocycles. The van der Waals surface area contributed by atoms with Crippen LogP contribution in [-0.4, -0.2) is 49.7 Å². The van der Waals surface area contributed by atoms with Gasteiger partial charge in [-0.25, -0.2) is 0 Å². The van der Waals surface area contributed by atoms with Crippen LogP contribution in [0.3, 0.4) is 0 Å². The summed E-state index contributed by atoms with van der Waals surface area (Å²) in [6.07, 6.45) is 2.61. The maximum Gasteiger partial charge on any atom is 0.186 e. The molecule has 0 bridgehead atoms. The molecule has 0 aliphatic carbocycles. The fourth-order valence-corrected chi connectivity index (χ4v) is 5.27. The molecule has 204 valence electrons. The molecule has 0 amide bonds. The quantitative estimate of drug-likeness (QED) is 0.298. The van der Waals surface area contributed by atoms with E-state index in [1.165, 1.54) is 0 Å². The van der Waals surface area contributed by atoms with Crippen LogP contribution in [0.15, 0.2) is 60.7 Å². The van der Waals surface area contributed by atoms with Crippen LogP contribution in [-0.2, 0) is 41.6 Å².